The fraction of sp³-hybridized carbons (Fsp3) is 0.357. The number of aryl methyl sites for hydroxylation is 2. The van der Waals surface area contributed by atoms with Gasteiger partial charge >= 0.3 is 5.97 Å². The Kier molecular flexibility index (Phi) is 4.11. The van der Waals surface area contributed by atoms with Gasteiger partial charge < -0.3 is 9.84 Å². The van der Waals surface area contributed by atoms with E-state index in [1.807, 2.05) is 0 Å². The molecule has 1 atom stereocenters. The van der Waals surface area contributed by atoms with Gasteiger partial charge in [-0.3, -0.25) is 4.79 Å². The lowest BCUT2D eigenvalue weighted by Gasteiger charge is -2.13. The van der Waals surface area contributed by atoms with Crippen LogP contribution in [0.25, 0.3) is 11.5 Å². The number of ether oxygens (including phenoxy) is 1. The summed E-state index contributed by atoms with van der Waals surface area (Å²) in [6, 6.07) is 1.63. The minimum atomic E-state index is -0.902. The Bertz CT molecular complexity index is 665. The smallest absolute Gasteiger partial charge is 0.310 e. The van der Waals surface area contributed by atoms with Crippen LogP contribution in [0.2, 0.25) is 0 Å². The van der Waals surface area contributed by atoms with Gasteiger partial charge in [-0.15, -0.1) is 0 Å². The van der Waals surface area contributed by atoms with Crippen molar-refractivity contribution in [3.05, 3.63) is 29.3 Å². The summed E-state index contributed by atoms with van der Waals surface area (Å²) in [5.74, 6) is -0.714. The molecule has 0 radical (unpaired) electrons. The Balaban J connectivity index is 2.51. The Labute approximate surface area is 122 Å². The van der Waals surface area contributed by atoms with Crippen LogP contribution in [0.3, 0.4) is 0 Å². The van der Waals surface area contributed by atoms with Crippen LogP contribution in [0.4, 0.5) is 0 Å². The fourth-order valence-corrected chi connectivity index (χ4v) is 2.16. The van der Waals surface area contributed by atoms with E-state index in [-0.39, 0.29) is 0 Å². The van der Waals surface area contributed by atoms with E-state index in [0.29, 0.717) is 34.3 Å². The number of aliphatic carboxylic acids is 1. The van der Waals surface area contributed by atoms with Crippen LogP contribution < -0.4 is 4.74 Å². The molecular formula is C14H16N4O3. The number of rotatable bonds is 4. The van der Waals surface area contributed by atoms with Gasteiger partial charge in [0.25, 0.3) is 0 Å². The predicted octanol–water partition coefficient (Wildman–Crippen LogP) is 1.75. The molecule has 1 N–H and O–H groups in total. The van der Waals surface area contributed by atoms with E-state index in [9.17, 15) is 4.79 Å². The van der Waals surface area contributed by atoms with E-state index in [1.54, 1.807) is 26.8 Å². The monoisotopic (exact) mass is 288 g/mol. The predicted molar refractivity (Wildman–Crippen MR) is 75.1 cm³/mol. The van der Waals surface area contributed by atoms with E-state index in [1.165, 1.54) is 13.4 Å². The topological polar surface area (TPSA) is 98.1 Å². The number of carbonyl (C=O) groups is 1. The second-order valence-corrected chi connectivity index (χ2v) is 4.64. The first-order valence-electron chi connectivity index (χ1n) is 6.38. The average molecular weight is 288 g/mol. The van der Waals surface area contributed by atoms with Crippen LogP contribution in [-0.4, -0.2) is 38.1 Å². The number of carboxylic acid groups (broad SMARTS) is 1. The maximum absolute atomic E-state index is 11.1. The van der Waals surface area contributed by atoms with Gasteiger partial charge in [0.1, 0.15) is 12.0 Å². The number of aromatic nitrogens is 4. The highest BCUT2D eigenvalue weighted by atomic mass is 16.5. The van der Waals surface area contributed by atoms with E-state index in [4.69, 9.17) is 9.84 Å². The molecule has 0 aliphatic rings. The van der Waals surface area contributed by atoms with Gasteiger partial charge in [0.05, 0.1) is 13.0 Å². The van der Waals surface area contributed by atoms with Gasteiger partial charge in [-0.1, -0.05) is 0 Å². The molecule has 0 saturated carbocycles. The molecule has 0 amide bonds. The molecule has 2 heterocycles. The van der Waals surface area contributed by atoms with Crippen molar-refractivity contribution in [3.8, 4) is 17.4 Å². The lowest BCUT2D eigenvalue weighted by molar-refractivity contribution is -0.138. The highest BCUT2D eigenvalue weighted by Crippen LogP contribution is 2.24. The zero-order valence-electron chi connectivity index (χ0n) is 12.3. The average Bonchev–Trinajstić information content (AvgIpc) is 2.46. The minimum Gasteiger partial charge on any atom is -0.481 e. The third kappa shape index (κ3) is 2.96. The molecule has 0 aliphatic heterocycles. The van der Waals surface area contributed by atoms with Crippen molar-refractivity contribution in [2.24, 2.45) is 0 Å². The minimum absolute atomic E-state index is 0.418. The second-order valence-electron chi connectivity index (χ2n) is 4.64. The molecule has 21 heavy (non-hydrogen) atoms. The number of hydrogen-bond acceptors (Lipinski definition) is 6. The Morgan fingerprint density at radius 1 is 1.24 bits per heavy atom. The van der Waals surface area contributed by atoms with Gasteiger partial charge in [-0.05, 0) is 20.8 Å². The van der Waals surface area contributed by atoms with Crippen LogP contribution in [0.1, 0.15) is 29.8 Å². The molecule has 1 unspecified atom stereocenters. The quantitative estimate of drug-likeness (QED) is 0.915. The Morgan fingerprint density at radius 3 is 2.38 bits per heavy atom. The Morgan fingerprint density at radius 2 is 1.86 bits per heavy atom. The van der Waals surface area contributed by atoms with Crippen LogP contribution >= 0.6 is 0 Å². The summed E-state index contributed by atoms with van der Waals surface area (Å²) >= 11 is 0. The highest BCUT2D eigenvalue weighted by molar-refractivity contribution is 5.76. The summed E-state index contributed by atoms with van der Waals surface area (Å²) in [6.45, 7) is 5.16. The number of hydrogen-bond donors (Lipinski definition) is 1. The van der Waals surface area contributed by atoms with Gasteiger partial charge in [0.15, 0.2) is 5.82 Å². The van der Waals surface area contributed by atoms with E-state index < -0.39 is 11.9 Å². The zero-order chi connectivity index (χ0) is 15.6. The fourth-order valence-electron chi connectivity index (χ4n) is 2.16. The van der Waals surface area contributed by atoms with Gasteiger partial charge in [0, 0.05) is 23.0 Å². The summed E-state index contributed by atoms with van der Waals surface area (Å²) in [4.78, 5) is 27.9. The first-order valence-corrected chi connectivity index (χ1v) is 6.38. The lowest BCUT2D eigenvalue weighted by Crippen LogP contribution is -2.13. The molecule has 7 nitrogen and oxygen atoms in total. The molecule has 0 fully saturated rings. The van der Waals surface area contributed by atoms with Crippen LogP contribution in [0.15, 0.2) is 12.4 Å². The van der Waals surface area contributed by atoms with Gasteiger partial charge in [0.2, 0.25) is 5.88 Å². The Hall–Kier alpha value is -2.57. The molecule has 110 valence electrons. The molecule has 2 aromatic heterocycles. The molecule has 0 spiro atoms. The van der Waals surface area contributed by atoms with Crippen LogP contribution in [-0.2, 0) is 4.79 Å². The van der Waals surface area contributed by atoms with Crippen molar-refractivity contribution in [1.29, 1.82) is 0 Å². The third-order valence-corrected chi connectivity index (χ3v) is 3.21. The molecule has 2 rings (SSSR count). The van der Waals surface area contributed by atoms with Crippen molar-refractivity contribution in [3.63, 3.8) is 0 Å². The summed E-state index contributed by atoms with van der Waals surface area (Å²) in [5, 5.41) is 9.15. The summed E-state index contributed by atoms with van der Waals surface area (Å²) in [7, 11) is 1.51. The van der Waals surface area contributed by atoms with Crippen molar-refractivity contribution in [1.82, 2.24) is 19.9 Å². The molecular weight excluding hydrogens is 272 g/mol. The molecule has 0 aromatic carbocycles. The lowest BCUT2D eigenvalue weighted by atomic mass is 9.98. The maximum atomic E-state index is 11.1. The molecule has 0 bridgehead atoms. The first-order chi connectivity index (χ1) is 9.93. The normalized spacial score (nSPS) is 12.0. The number of methoxy groups -OCH3 is 1. The van der Waals surface area contributed by atoms with Crippen molar-refractivity contribution >= 4 is 5.97 Å². The maximum Gasteiger partial charge on any atom is 0.310 e. The van der Waals surface area contributed by atoms with E-state index in [0.717, 1.165) is 0 Å². The summed E-state index contributed by atoms with van der Waals surface area (Å²) < 4.78 is 5.05. The number of carboxylic acids is 1. The SMILES string of the molecule is COc1cc(-c2nc(C)c(C(C)C(=O)O)c(C)n2)ncn1. The standard InChI is InChI=1S/C14H16N4O3/c1-7(14(19)20)12-8(2)17-13(18-9(12)3)10-5-11(21-4)16-6-15-10/h5-7H,1-4H3,(H,19,20). The third-order valence-electron chi connectivity index (χ3n) is 3.21. The summed E-state index contributed by atoms with van der Waals surface area (Å²) in [5.41, 5.74) is 2.42. The molecule has 0 aliphatic carbocycles. The second kappa shape index (κ2) is 5.82. The zero-order valence-corrected chi connectivity index (χ0v) is 12.3. The molecule has 0 saturated heterocycles. The van der Waals surface area contributed by atoms with Crippen LogP contribution in [0, 0.1) is 13.8 Å². The summed E-state index contributed by atoms with van der Waals surface area (Å²) in [6.07, 6.45) is 1.37. The van der Waals surface area contributed by atoms with E-state index in [2.05, 4.69) is 19.9 Å². The van der Waals surface area contributed by atoms with Crippen molar-refractivity contribution < 1.29 is 14.6 Å². The first kappa shape index (κ1) is 14.8. The van der Waals surface area contributed by atoms with E-state index >= 15 is 0 Å². The van der Waals surface area contributed by atoms with Crippen LogP contribution in [0.5, 0.6) is 5.88 Å². The van der Waals surface area contributed by atoms with Crippen molar-refractivity contribution in [2.45, 2.75) is 26.7 Å². The highest BCUT2D eigenvalue weighted by Gasteiger charge is 2.21. The number of nitrogens with zero attached hydrogens (tertiary/aromatic N) is 4. The molecule has 2 aromatic rings. The largest absolute Gasteiger partial charge is 0.481 e. The van der Waals surface area contributed by atoms with Gasteiger partial charge in [-0.25, -0.2) is 19.9 Å². The van der Waals surface area contributed by atoms with Crippen molar-refractivity contribution in [2.75, 3.05) is 7.11 Å². The molecule has 7 heteroatoms. The van der Waals surface area contributed by atoms with Gasteiger partial charge in [-0.2, -0.15) is 0 Å².